The molecule has 1 aromatic rings. The molecule has 4 nitrogen and oxygen atoms in total. The van der Waals surface area contributed by atoms with Gasteiger partial charge in [0.2, 0.25) is 0 Å². The van der Waals surface area contributed by atoms with Gasteiger partial charge in [0.15, 0.2) is 0 Å². The molecule has 0 aliphatic carbocycles. The standard InChI is InChI=1S/C15H24N4/c1-2-13-9-15(18-11-17-13)19-8-4-5-12(10-19)14-6-3-7-16-14/h9,11-12,14,16H,2-8,10H2,1H3. The number of anilines is 1. The lowest BCUT2D eigenvalue weighted by atomic mass is 9.90. The van der Waals surface area contributed by atoms with Gasteiger partial charge in [0.1, 0.15) is 12.1 Å². The Balaban J connectivity index is 1.69. The molecule has 2 atom stereocenters. The maximum absolute atomic E-state index is 4.47. The van der Waals surface area contributed by atoms with Crippen LogP contribution in [0.25, 0.3) is 0 Å². The van der Waals surface area contributed by atoms with Crippen LogP contribution in [0.4, 0.5) is 5.82 Å². The molecule has 104 valence electrons. The fraction of sp³-hybridized carbons (Fsp3) is 0.733. The first-order chi connectivity index (χ1) is 9.36. The van der Waals surface area contributed by atoms with Crippen molar-refractivity contribution in [2.45, 2.75) is 45.1 Å². The van der Waals surface area contributed by atoms with Gasteiger partial charge in [0.25, 0.3) is 0 Å². The van der Waals surface area contributed by atoms with E-state index in [9.17, 15) is 0 Å². The molecule has 0 amide bonds. The topological polar surface area (TPSA) is 41.0 Å². The first-order valence-corrected chi connectivity index (χ1v) is 7.66. The number of hydrogen-bond donors (Lipinski definition) is 1. The quantitative estimate of drug-likeness (QED) is 0.902. The van der Waals surface area contributed by atoms with Crippen molar-refractivity contribution in [3.8, 4) is 0 Å². The minimum atomic E-state index is 0.732. The van der Waals surface area contributed by atoms with E-state index < -0.39 is 0 Å². The average molecular weight is 260 g/mol. The van der Waals surface area contributed by atoms with E-state index in [1.54, 1.807) is 6.33 Å². The van der Waals surface area contributed by atoms with E-state index in [0.717, 1.165) is 43.0 Å². The van der Waals surface area contributed by atoms with E-state index in [0.29, 0.717) is 0 Å². The highest BCUT2D eigenvalue weighted by molar-refractivity contribution is 5.39. The van der Waals surface area contributed by atoms with Crippen LogP contribution in [0, 0.1) is 5.92 Å². The third-order valence-electron chi connectivity index (χ3n) is 4.52. The summed E-state index contributed by atoms with van der Waals surface area (Å²) in [6, 6.07) is 2.89. The Labute approximate surface area is 115 Å². The molecule has 2 aliphatic heterocycles. The average Bonchev–Trinajstić information content (AvgIpc) is 3.02. The molecule has 1 aromatic heterocycles. The Morgan fingerprint density at radius 3 is 3.05 bits per heavy atom. The van der Waals surface area contributed by atoms with Crippen LogP contribution in [0.3, 0.4) is 0 Å². The van der Waals surface area contributed by atoms with Crippen molar-refractivity contribution in [1.82, 2.24) is 15.3 Å². The van der Waals surface area contributed by atoms with Crippen LogP contribution < -0.4 is 10.2 Å². The van der Waals surface area contributed by atoms with E-state index in [1.807, 2.05) is 0 Å². The van der Waals surface area contributed by atoms with Crippen LogP contribution in [-0.2, 0) is 6.42 Å². The zero-order chi connectivity index (χ0) is 13.1. The zero-order valence-corrected chi connectivity index (χ0v) is 11.8. The van der Waals surface area contributed by atoms with E-state index in [4.69, 9.17) is 0 Å². The predicted octanol–water partition coefficient (Wildman–Crippen LogP) is 2.01. The van der Waals surface area contributed by atoms with Crippen molar-refractivity contribution in [3.05, 3.63) is 18.1 Å². The molecular weight excluding hydrogens is 236 g/mol. The lowest BCUT2D eigenvalue weighted by Crippen LogP contribution is -2.43. The molecule has 4 heteroatoms. The molecule has 0 spiro atoms. The van der Waals surface area contributed by atoms with Gasteiger partial charge in [-0.1, -0.05) is 6.92 Å². The first-order valence-electron chi connectivity index (χ1n) is 7.66. The number of aryl methyl sites for hydroxylation is 1. The van der Waals surface area contributed by atoms with Gasteiger partial charge in [-0.25, -0.2) is 9.97 Å². The van der Waals surface area contributed by atoms with Gasteiger partial charge in [-0.15, -0.1) is 0 Å². The van der Waals surface area contributed by atoms with Gasteiger partial charge < -0.3 is 10.2 Å². The van der Waals surface area contributed by atoms with Crippen molar-refractivity contribution in [3.63, 3.8) is 0 Å². The second-order valence-electron chi connectivity index (χ2n) is 5.77. The summed E-state index contributed by atoms with van der Waals surface area (Å²) in [7, 11) is 0. The highest BCUT2D eigenvalue weighted by Gasteiger charge is 2.29. The molecular formula is C15H24N4. The number of nitrogens with one attached hydrogen (secondary N) is 1. The maximum Gasteiger partial charge on any atom is 0.132 e. The van der Waals surface area contributed by atoms with Crippen LogP contribution >= 0.6 is 0 Å². The van der Waals surface area contributed by atoms with Crippen LogP contribution in [0.15, 0.2) is 12.4 Å². The summed E-state index contributed by atoms with van der Waals surface area (Å²) in [6.07, 6.45) is 8.04. The van der Waals surface area contributed by atoms with Crippen molar-refractivity contribution < 1.29 is 0 Å². The monoisotopic (exact) mass is 260 g/mol. The first kappa shape index (κ1) is 12.9. The summed E-state index contributed by atoms with van der Waals surface area (Å²) in [6.45, 7) is 5.64. The largest absolute Gasteiger partial charge is 0.356 e. The van der Waals surface area contributed by atoms with Crippen LogP contribution in [-0.4, -0.2) is 35.6 Å². The molecule has 2 aliphatic rings. The molecule has 0 saturated carbocycles. The fourth-order valence-electron chi connectivity index (χ4n) is 3.41. The number of rotatable bonds is 3. The van der Waals surface area contributed by atoms with Crippen molar-refractivity contribution in [1.29, 1.82) is 0 Å². The molecule has 2 fully saturated rings. The Hall–Kier alpha value is -1.16. The van der Waals surface area contributed by atoms with Crippen molar-refractivity contribution >= 4 is 5.82 Å². The molecule has 2 unspecified atom stereocenters. The van der Waals surface area contributed by atoms with Crippen molar-refractivity contribution in [2.24, 2.45) is 5.92 Å². The Morgan fingerprint density at radius 1 is 1.32 bits per heavy atom. The molecule has 3 rings (SSSR count). The molecule has 0 aromatic carbocycles. The molecule has 0 radical (unpaired) electrons. The van der Waals surface area contributed by atoms with Gasteiger partial charge in [-0.3, -0.25) is 0 Å². The third kappa shape index (κ3) is 2.89. The molecule has 19 heavy (non-hydrogen) atoms. The summed E-state index contributed by atoms with van der Waals surface area (Å²) in [5.74, 6) is 1.91. The number of aromatic nitrogens is 2. The summed E-state index contributed by atoms with van der Waals surface area (Å²) < 4.78 is 0. The second kappa shape index (κ2) is 5.87. The van der Waals surface area contributed by atoms with Crippen LogP contribution in [0.1, 0.15) is 38.3 Å². The molecule has 2 saturated heterocycles. The van der Waals surface area contributed by atoms with Gasteiger partial charge in [-0.2, -0.15) is 0 Å². The minimum absolute atomic E-state index is 0.732. The zero-order valence-electron chi connectivity index (χ0n) is 11.8. The maximum atomic E-state index is 4.47. The van der Waals surface area contributed by atoms with E-state index in [1.165, 1.54) is 32.2 Å². The summed E-state index contributed by atoms with van der Waals surface area (Å²) >= 11 is 0. The normalized spacial score (nSPS) is 27.7. The summed E-state index contributed by atoms with van der Waals surface area (Å²) in [5, 5.41) is 3.66. The smallest absolute Gasteiger partial charge is 0.132 e. The second-order valence-corrected chi connectivity index (χ2v) is 5.77. The predicted molar refractivity (Wildman–Crippen MR) is 77.4 cm³/mol. The van der Waals surface area contributed by atoms with Gasteiger partial charge in [0.05, 0.1) is 0 Å². The minimum Gasteiger partial charge on any atom is -0.356 e. The van der Waals surface area contributed by atoms with Crippen LogP contribution in [0.2, 0.25) is 0 Å². The lowest BCUT2D eigenvalue weighted by Gasteiger charge is -2.36. The number of hydrogen-bond acceptors (Lipinski definition) is 4. The molecule has 0 bridgehead atoms. The van der Waals surface area contributed by atoms with Gasteiger partial charge in [0, 0.05) is 30.9 Å². The highest BCUT2D eigenvalue weighted by Crippen LogP contribution is 2.27. The van der Waals surface area contributed by atoms with E-state index in [2.05, 4.69) is 33.2 Å². The van der Waals surface area contributed by atoms with E-state index >= 15 is 0 Å². The third-order valence-corrected chi connectivity index (χ3v) is 4.52. The number of nitrogens with zero attached hydrogens (tertiary/aromatic N) is 3. The van der Waals surface area contributed by atoms with E-state index in [-0.39, 0.29) is 0 Å². The SMILES string of the molecule is CCc1cc(N2CCCC(C3CCCN3)C2)ncn1. The molecule has 1 N–H and O–H groups in total. The summed E-state index contributed by atoms with van der Waals surface area (Å²) in [4.78, 5) is 11.2. The molecule has 3 heterocycles. The van der Waals surface area contributed by atoms with Crippen molar-refractivity contribution in [2.75, 3.05) is 24.5 Å². The Morgan fingerprint density at radius 2 is 2.26 bits per heavy atom. The Kier molecular flexibility index (Phi) is 3.97. The van der Waals surface area contributed by atoms with Gasteiger partial charge >= 0.3 is 0 Å². The Bertz CT molecular complexity index is 414. The van der Waals surface area contributed by atoms with Gasteiger partial charge in [-0.05, 0) is 44.6 Å². The summed E-state index contributed by atoms with van der Waals surface area (Å²) in [5.41, 5.74) is 1.14. The van der Waals surface area contributed by atoms with Crippen LogP contribution in [0.5, 0.6) is 0 Å². The highest BCUT2D eigenvalue weighted by atomic mass is 15.2. The number of piperidine rings is 1. The lowest BCUT2D eigenvalue weighted by molar-refractivity contribution is 0.328. The fourth-order valence-corrected chi connectivity index (χ4v) is 3.41.